The van der Waals surface area contributed by atoms with Gasteiger partial charge in [-0.2, -0.15) is 5.10 Å². The molecule has 9 nitrogen and oxygen atoms in total. The molecule has 1 aromatic rings. The molecule has 1 rings (SSSR count). The highest BCUT2D eigenvalue weighted by Gasteiger charge is 2.24. The molecule has 1 heterocycles. The monoisotopic (exact) mass is 298 g/mol. The van der Waals surface area contributed by atoms with Crippen LogP contribution in [0.2, 0.25) is 0 Å². The smallest absolute Gasteiger partial charge is 0.323 e. The summed E-state index contributed by atoms with van der Waals surface area (Å²) < 4.78 is 1.24. The van der Waals surface area contributed by atoms with Crippen molar-refractivity contribution in [1.82, 2.24) is 14.7 Å². The van der Waals surface area contributed by atoms with E-state index in [9.17, 15) is 19.7 Å². The van der Waals surface area contributed by atoms with Gasteiger partial charge >= 0.3 is 11.7 Å². The molecule has 0 aliphatic heterocycles. The Morgan fingerprint density at radius 1 is 1.43 bits per heavy atom. The van der Waals surface area contributed by atoms with Gasteiger partial charge in [-0.1, -0.05) is 6.92 Å². The number of carboxylic acids is 1. The summed E-state index contributed by atoms with van der Waals surface area (Å²) in [5.74, 6) is -1.53. The number of aromatic nitrogens is 2. The highest BCUT2D eigenvalue weighted by Crippen LogP contribution is 2.21. The van der Waals surface area contributed by atoms with Crippen LogP contribution in [0.5, 0.6) is 0 Å². The quantitative estimate of drug-likeness (QED) is 0.585. The van der Waals surface area contributed by atoms with Crippen LogP contribution < -0.4 is 0 Å². The fourth-order valence-electron chi connectivity index (χ4n) is 2.06. The Kier molecular flexibility index (Phi) is 5.39. The van der Waals surface area contributed by atoms with Crippen LogP contribution in [-0.2, 0) is 16.1 Å². The second-order valence-electron chi connectivity index (χ2n) is 4.64. The van der Waals surface area contributed by atoms with Crippen LogP contribution in [0.3, 0.4) is 0 Å². The lowest BCUT2D eigenvalue weighted by Crippen LogP contribution is -2.38. The number of nitro groups is 1. The summed E-state index contributed by atoms with van der Waals surface area (Å²) >= 11 is 0. The lowest BCUT2D eigenvalue weighted by Gasteiger charge is -2.20. The standard InChI is InChI=1S/C12H18N4O5/c1-4-5-14(7-11(18)19)10(17)6-15-9(3)12(16(20)21)8(2)13-15/h4-7H2,1-3H3,(H,18,19). The topological polar surface area (TPSA) is 119 Å². The van der Waals surface area contributed by atoms with Gasteiger partial charge in [0.15, 0.2) is 0 Å². The van der Waals surface area contributed by atoms with Gasteiger partial charge in [-0.15, -0.1) is 0 Å². The second-order valence-corrected chi connectivity index (χ2v) is 4.64. The molecule has 0 aromatic carbocycles. The minimum atomic E-state index is -1.10. The Morgan fingerprint density at radius 3 is 2.48 bits per heavy atom. The average Bonchev–Trinajstić information content (AvgIpc) is 2.63. The Bertz CT molecular complexity index is 566. The van der Waals surface area contributed by atoms with Crippen molar-refractivity contribution in [2.75, 3.05) is 13.1 Å². The van der Waals surface area contributed by atoms with Crippen molar-refractivity contribution >= 4 is 17.6 Å². The summed E-state index contributed by atoms with van der Waals surface area (Å²) in [6.07, 6.45) is 0.621. The van der Waals surface area contributed by atoms with Crippen LogP contribution in [0.4, 0.5) is 5.69 Å². The van der Waals surface area contributed by atoms with Crippen molar-refractivity contribution in [3.8, 4) is 0 Å². The van der Waals surface area contributed by atoms with Gasteiger partial charge in [0, 0.05) is 6.54 Å². The fourth-order valence-corrected chi connectivity index (χ4v) is 2.06. The summed E-state index contributed by atoms with van der Waals surface area (Å²) in [7, 11) is 0. The molecule has 0 fully saturated rings. The van der Waals surface area contributed by atoms with E-state index in [4.69, 9.17) is 5.11 Å². The first-order valence-electron chi connectivity index (χ1n) is 6.45. The first-order chi connectivity index (χ1) is 9.77. The molecular formula is C12H18N4O5. The number of rotatable bonds is 7. The Balaban J connectivity index is 2.93. The van der Waals surface area contributed by atoms with Crippen LogP contribution in [0.1, 0.15) is 24.7 Å². The van der Waals surface area contributed by atoms with Crippen molar-refractivity contribution < 1.29 is 19.6 Å². The summed E-state index contributed by atoms with van der Waals surface area (Å²) in [5.41, 5.74) is 0.381. The molecule has 21 heavy (non-hydrogen) atoms. The third-order valence-electron chi connectivity index (χ3n) is 2.98. The predicted molar refractivity (Wildman–Crippen MR) is 72.9 cm³/mol. The molecule has 1 aromatic heterocycles. The number of carbonyl (C=O) groups excluding carboxylic acids is 1. The molecule has 1 amide bonds. The van der Waals surface area contributed by atoms with E-state index in [2.05, 4.69) is 5.10 Å². The molecule has 9 heteroatoms. The SMILES string of the molecule is CCCN(CC(=O)O)C(=O)Cn1nc(C)c([N+](=O)[O-])c1C. The van der Waals surface area contributed by atoms with Crippen LogP contribution in [0.25, 0.3) is 0 Å². The summed E-state index contributed by atoms with van der Waals surface area (Å²) in [5, 5.41) is 23.7. The van der Waals surface area contributed by atoms with E-state index in [1.54, 1.807) is 0 Å². The molecular weight excluding hydrogens is 280 g/mol. The van der Waals surface area contributed by atoms with Crippen LogP contribution in [0.15, 0.2) is 0 Å². The van der Waals surface area contributed by atoms with Gasteiger partial charge in [-0.05, 0) is 20.3 Å². The first kappa shape index (κ1) is 16.6. The molecule has 0 spiro atoms. The van der Waals surface area contributed by atoms with E-state index in [0.717, 1.165) is 0 Å². The molecule has 0 radical (unpaired) electrons. The normalized spacial score (nSPS) is 10.4. The van der Waals surface area contributed by atoms with E-state index in [0.29, 0.717) is 13.0 Å². The number of nitrogens with zero attached hydrogens (tertiary/aromatic N) is 4. The molecule has 116 valence electrons. The maximum absolute atomic E-state index is 12.1. The van der Waals surface area contributed by atoms with Crippen LogP contribution in [-0.4, -0.2) is 49.7 Å². The van der Waals surface area contributed by atoms with Gasteiger partial charge in [0.1, 0.15) is 24.5 Å². The van der Waals surface area contributed by atoms with E-state index in [-0.39, 0.29) is 23.6 Å². The minimum absolute atomic E-state index is 0.122. The molecule has 0 bridgehead atoms. The van der Waals surface area contributed by atoms with Gasteiger partial charge in [0.05, 0.1) is 4.92 Å². The highest BCUT2D eigenvalue weighted by molar-refractivity contribution is 5.81. The van der Waals surface area contributed by atoms with E-state index in [1.165, 1.54) is 23.4 Å². The molecule has 0 saturated carbocycles. The number of aryl methyl sites for hydroxylation is 1. The third kappa shape index (κ3) is 4.01. The van der Waals surface area contributed by atoms with Crippen molar-refractivity contribution in [1.29, 1.82) is 0 Å². The molecule has 0 atom stereocenters. The Morgan fingerprint density at radius 2 is 2.05 bits per heavy atom. The molecule has 0 aliphatic carbocycles. The molecule has 0 aliphatic rings. The zero-order chi connectivity index (χ0) is 16.2. The van der Waals surface area contributed by atoms with E-state index < -0.39 is 23.3 Å². The minimum Gasteiger partial charge on any atom is -0.480 e. The molecule has 1 N–H and O–H groups in total. The van der Waals surface area contributed by atoms with Crippen molar-refractivity contribution in [3.63, 3.8) is 0 Å². The van der Waals surface area contributed by atoms with Crippen molar-refractivity contribution in [2.24, 2.45) is 0 Å². The molecule has 0 saturated heterocycles. The van der Waals surface area contributed by atoms with Crippen molar-refractivity contribution in [2.45, 2.75) is 33.7 Å². The first-order valence-corrected chi connectivity index (χ1v) is 6.45. The number of hydrogen-bond acceptors (Lipinski definition) is 5. The summed E-state index contributed by atoms with van der Waals surface area (Å²) in [6.45, 7) is 4.53. The Labute approximate surface area is 121 Å². The van der Waals surface area contributed by atoms with E-state index in [1.807, 2.05) is 6.92 Å². The second kappa shape index (κ2) is 6.82. The summed E-state index contributed by atoms with van der Waals surface area (Å²) in [6, 6.07) is 0. The maximum Gasteiger partial charge on any atom is 0.323 e. The van der Waals surface area contributed by atoms with Crippen LogP contribution in [0, 0.1) is 24.0 Å². The zero-order valence-electron chi connectivity index (χ0n) is 12.2. The zero-order valence-corrected chi connectivity index (χ0v) is 12.2. The van der Waals surface area contributed by atoms with Crippen LogP contribution >= 0.6 is 0 Å². The highest BCUT2D eigenvalue weighted by atomic mass is 16.6. The Hall–Kier alpha value is -2.45. The number of amides is 1. The summed E-state index contributed by atoms with van der Waals surface area (Å²) in [4.78, 5) is 34.4. The largest absolute Gasteiger partial charge is 0.480 e. The van der Waals surface area contributed by atoms with Gasteiger partial charge in [-0.25, -0.2) is 0 Å². The lowest BCUT2D eigenvalue weighted by molar-refractivity contribution is -0.386. The van der Waals surface area contributed by atoms with Crippen molar-refractivity contribution in [3.05, 3.63) is 21.5 Å². The number of hydrogen-bond donors (Lipinski definition) is 1. The number of aliphatic carboxylic acids is 1. The lowest BCUT2D eigenvalue weighted by atomic mass is 10.3. The number of carbonyl (C=O) groups is 2. The fraction of sp³-hybridized carbons (Fsp3) is 0.583. The predicted octanol–water partition coefficient (Wildman–Crippen LogP) is 0.731. The van der Waals surface area contributed by atoms with Gasteiger partial charge in [0.25, 0.3) is 0 Å². The average molecular weight is 298 g/mol. The van der Waals surface area contributed by atoms with Gasteiger partial charge < -0.3 is 10.0 Å². The number of carboxylic acid groups (broad SMARTS) is 1. The third-order valence-corrected chi connectivity index (χ3v) is 2.98. The van der Waals surface area contributed by atoms with Gasteiger partial charge in [0.2, 0.25) is 5.91 Å². The van der Waals surface area contributed by atoms with Gasteiger partial charge in [-0.3, -0.25) is 24.4 Å². The van der Waals surface area contributed by atoms with E-state index >= 15 is 0 Å². The molecule has 0 unspecified atom stereocenters. The maximum atomic E-state index is 12.1.